The van der Waals surface area contributed by atoms with Crippen LogP contribution in [0.4, 0.5) is 0 Å². The van der Waals surface area contributed by atoms with Gasteiger partial charge in [0.15, 0.2) is 0 Å². The fraction of sp³-hybridized carbons (Fsp3) is 0.800. The molecule has 0 aliphatic carbocycles. The quantitative estimate of drug-likeness (QED) is 0.787. The Morgan fingerprint density at radius 1 is 1.60 bits per heavy atom. The predicted octanol–water partition coefficient (Wildman–Crippen LogP) is 1.69. The molecule has 1 aromatic rings. The molecule has 1 fully saturated rings. The van der Waals surface area contributed by atoms with Crippen LogP contribution in [-0.2, 0) is 18.2 Å². The van der Waals surface area contributed by atoms with Crippen molar-refractivity contribution in [2.24, 2.45) is 7.05 Å². The third kappa shape index (κ3) is 2.58. The lowest BCUT2D eigenvalue weighted by Gasteiger charge is -2.35. The molecule has 1 aliphatic rings. The molecule has 1 aliphatic heterocycles. The summed E-state index contributed by atoms with van der Waals surface area (Å²) in [5.74, 6) is 0. The molecule has 2 rings (SSSR count). The Morgan fingerprint density at radius 3 is 3.00 bits per heavy atom. The zero-order valence-electron chi connectivity index (χ0n) is 8.95. The lowest BCUT2D eigenvalue weighted by molar-refractivity contribution is -0.0603. The average molecular weight is 274 g/mol. The molecule has 2 heterocycles. The van der Waals surface area contributed by atoms with Crippen LogP contribution in [0.2, 0.25) is 0 Å². The third-order valence-electron chi connectivity index (χ3n) is 2.83. The molecule has 0 bridgehead atoms. The monoisotopic (exact) mass is 273 g/mol. The molecular formula is C10H16BrN3O. The second-order valence-corrected chi connectivity index (χ2v) is 4.69. The highest BCUT2D eigenvalue weighted by Gasteiger charge is 2.33. The first-order chi connectivity index (χ1) is 7.24. The molecule has 1 atom stereocenters. The van der Waals surface area contributed by atoms with Crippen molar-refractivity contribution in [3.8, 4) is 0 Å². The van der Waals surface area contributed by atoms with Gasteiger partial charge < -0.3 is 4.74 Å². The van der Waals surface area contributed by atoms with Crippen LogP contribution in [0.25, 0.3) is 0 Å². The summed E-state index contributed by atoms with van der Waals surface area (Å²) in [5, 5.41) is 9.26. The van der Waals surface area contributed by atoms with Gasteiger partial charge in [0.1, 0.15) is 0 Å². The van der Waals surface area contributed by atoms with Crippen LogP contribution < -0.4 is 0 Å². The van der Waals surface area contributed by atoms with E-state index in [0.29, 0.717) is 0 Å². The lowest BCUT2D eigenvalue weighted by atomic mass is 9.91. The Morgan fingerprint density at radius 2 is 2.47 bits per heavy atom. The summed E-state index contributed by atoms with van der Waals surface area (Å²) in [6.07, 6.45) is 6.20. The second kappa shape index (κ2) is 4.61. The highest BCUT2D eigenvalue weighted by molar-refractivity contribution is 9.09. The number of hydrogen-bond donors (Lipinski definition) is 0. The van der Waals surface area contributed by atoms with E-state index in [1.54, 1.807) is 4.80 Å². The first-order valence-corrected chi connectivity index (χ1v) is 6.41. The number of halogens is 1. The third-order valence-corrected chi connectivity index (χ3v) is 3.85. The van der Waals surface area contributed by atoms with Gasteiger partial charge >= 0.3 is 0 Å². The van der Waals surface area contributed by atoms with E-state index in [1.807, 2.05) is 13.2 Å². The minimum Gasteiger partial charge on any atom is -0.374 e. The summed E-state index contributed by atoms with van der Waals surface area (Å²) in [6.45, 7) is 0.867. The van der Waals surface area contributed by atoms with E-state index >= 15 is 0 Å². The molecule has 1 aromatic heterocycles. The van der Waals surface area contributed by atoms with Gasteiger partial charge in [-0.05, 0) is 19.3 Å². The topological polar surface area (TPSA) is 39.9 Å². The summed E-state index contributed by atoms with van der Waals surface area (Å²) in [6, 6.07) is 0. The minimum absolute atomic E-state index is 0.0612. The van der Waals surface area contributed by atoms with Crippen molar-refractivity contribution < 1.29 is 4.74 Å². The second-order valence-electron chi connectivity index (χ2n) is 4.12. The van der Waals surface area contributed by atoms with Crippen molar-refractivity contribution in [2.75, 3.05) is 11.9 Å². The van der Waals surface area contributed by atoms with E-state index in [9.17, 15) is 0 Å². The van der Waals surface area contributed by atoms with Gasteiger partial charge in [-0.15, -0.1) is 0 Å². The number of alkyl halides is 1. The van der Waals surface area contributed by atoms with Crippen molar-refractivity contribution in [2.45, 2.75) is 31.3 Å². The molecule has 15 heavy (non-hydrogen) atoms. The van der Waals surface area contributed by atoms with Crippen molar-refractivity contribution in [1.82, 2.24) is 15.0 Å². The maximum absolute atomic E-state index is 5.90. The molecule has 84 valence electrons. The number of aryl methyl sites for hydroxylation is 1. The van der Waals surface area contributed by atoms with Crippen LogP contribution in [0.15, 0.2) is 6.20 Å². The highest BCUT2D eigenvalue weighted by atomic mass is 79.9. The highest BCUT2D eigenvalue weighted by Crippen LogP contribution is 2.29. The van der Waals surface area contributed by atoms with E-state index in [1.165, 1.54) is 12.8 Å². The van der Waals surface area contributed by atoms with Gasteiger partial charge in [0.2, 0.25) is 0 Å². The molecule has 5 heteroatoms. The first kappa shape index (κ1) is 11.1. The number of nitrogens with zero attached hydrogens (tertiary/aromatic N) is 3. The van der Waals surface area contributed by atoms with Gasteiger partial charge in [-0.1, -0.05) is 15.9 Å². The Hall–Kier alpha value is -0.420. The summed E-state index contributed by atoms with van der Waals surface area (Å²) in [5.41, 5.74) is 0.952. The fourth-order valence-electron chi connectivity index (χ4n) is 2.00. The van der Waals surface area contributed by atoms with E-state index in [2.05, 4.69) is 26.1 Å². The van der Waals surface area contributed by atoms with Gasteiger partial charge in [-0.2, -0.15) is 15.0 Å². The molecule has 0 N–H and O–H groups in total. The molecule has 0 spiro atoms. The van der Waals surface area contributed by atoms with Crippen LogP contribution in [0.3, 0.4) is 0 Å². The standard InChI is InChI=1S/C10H16BrN3O/c1-14-12-7-9(13-14)6-10(8-11)4-2-3-5-15-10/h7H,2-6,8H2,1H3. The molecule has 4 nitrogen and oxygen atoms in total. The maximum atomic E-state index is 5.90. The van der Waals surface area contributed by atoms with Crippen LogP contribution in [0.5, 0.6) is 0 Å². The van der Waals surface area contributed by atoms with Crippen molar-refractivity contribution in [1.29, 1.82) is 0 Å². The van der Waals surface area contributed by atoms with Crippen LogP contribution in [0.1, 0.15) is 25.0 Å². The minimum atomic E-state index is -0.0612. The van der Waals surface area contributed by atoms with Gasteiger partial charge in [0.25, 0.3) is 0 Å². The fourth-order valence-corrected chi connectivity index (χ4v) is 2.64. The maximum Gasteiger partial charge on any atom is 0.0856 e. The summed E-state index contributed by atoms with van der Waals surface area (Å²) >= 11 is 3.55. The van der Waals surface area contributed by atoms with Crippen molar-refractivity contribution in [3.63, 3.8) is 0 Å². The van der Waals surface area contributed by atoms with Gasteiger partial charge in [0.05, 0.1) is 17.5 Å². The number of aromatic nitrogens is 3. The first-order valence-electron chi connectivity index (χ1n) is 5.29. The molecule has 0 aromatic carbocycles. The zero-order chi connectivity index (χ0) is 10.7. The summed E-state index contributed by atoms with van der Waals surface area (Å²) < 4.78 is 5.90. The molecule has 1 unspecified atom stereocenters. The van der Waals surface area contributed by atoms with Gasteiger partial charge in [-0.3, -0.25) is 0 Å². The molecular weight excluding hydrogens is 258 g/mol. The number of ether oxygens (including phenoxy) is 1. The Kier molecular flexibility index (Phi) is 3.41. The van der Waals surface area contributed by atoms with Crippen LogP contribution >= 0.6 is 15.9 Å². The normalized spacial score (nSPS) is 26.8. The Bertz CT molecular complexity index is 320. The van der Waals surface area contributed by atoms with E-state index in [0.717, 1.165) is 30.5 Å². The lowest BCUT2D eigenvalue weighted by Crippen LogP contribution is -2.40. The zero-order valence-corrected chi connectivity index (χ0v) is 10.5. The summed E-state index contributed by atoms with van der Waals surface area (Å²) in [7, 11) is 1.84. The Balaban J connectivity index is 2.06. The SMILES string of the molecule is Cn1ncc(CC2(CBr)CCCCO2)n1. The molecule has 0 amide bonds. The van der Waals surface area contributed by atoms with Crippen molar-refractivity contribution >= 4 is 15.9 Å². The summed E-state index contributed by atoms with van der Waals surface area (Å²) in [4.78, 5) is 1.60. The molecule has 0 radical (unpaired) electrons. The van der Waals surface area contributed by atoms with E-state index in [-0.39, 0.29) is 5.60 Å². The number of rotatable bonds is 3. The predicted molar refractivity (Wildman–Crippen MR) is 61.0 cm³/mol. The Labute approximate surface area is 98.1 Å². The van der Waals surface area contributed by atoms with Crippen LogP contribution in [0, 0.1) is 0 Å². The van der Waals surface area contributed by atoms with Gasteiger partial charge in [0, 0.05) is 25.4 Å². The largest absolute Gasteiger partial charge is 0.374 e. The van der Waals surface area contributed by atoms with Crippen LogP contribution in [-0.4, -0.2) is 32.5 Å². The van der Waals surface area contributed by atoms with E-state index in [4.69, 9.17) is 4.74 Å². The van der Waals surface area contributed by atoms with Gasteiger partial charge in [-0.25, -0.2) is 0 Å². The average Bonchev–Trinajstić information content (AvgIpc) is 2.65. The molecule has 1 saturated heterocycles. The smallest absolute Gasteiger partial charge is 0.0856 e. The van der Waals surface area contributed by atoms with E-state index < -0.39 is 0 Å². The number of hydrogen-bond acceptors (Lipinski definition) is 3. The van der Waals surface area contributed by atoms with Crippen molar-refractivity contribution in [3.05, 3.63) is 11.9 Å². The molecule has 0 saturated carbocycles.